The molecule has 1 aromatic rings. The van der Waals surface area contributed by atoms with Crippen LogP contribution in [0.25, 0.3) is 0 Å². The molecule has 1 aromatic heterocycles. The number of nitrogens with zero attached hydrogens (tertiary/aromatic N) is 2. The van der Waals surface area contributed by atoms with Gasteiger partial charge >= 0.3 is 0 Å². The third-order valence-electron chi connectivity index (χ3n) is 3.21. The maximum atomic E-state index is 9.09. The van der Waals surface area contributed by atoms with Gasteiger partial charge in [-0.15, -0.1) is 0 Å². The molecule has 1 aliphatic rings. The molecular formula is C12H17BrN2O. The molecule has 1 N–H and O–H groups in total. The highest BCUT2D eigenvalue weighted by Crippen LogP contribution is 2.27. The second kappa shape index (κ2) is 5.75. The fourth-order valence-corrected chi connectivity index (χ4v) is 2.40. The summed E-state index contributed by atoms with van der Waals surface area (Å²) in [5, 5.41) is 9.09. The first kappa shape index (κ1) is 12.0. The van der Waals surface area contributed by atoms with Crippen molar-refractivity contribution < 1.29 is 5.11 Å². The highest BCUT2D eigenvalue weighted by atomic mass is 79.9. The summed E-state index contributed by atoms with van der Waals surface area (Å²) in [7, 11) is 0. The quantitative estimate of drug-likeness (QED) is 0.901. The fraction of sp³-hybridized carbons (Fsp3) is 0.583. The zero-order valence-electron chi connectivity index (χ0n) is 9.27. The van der Waals surface area contributed by atoms with Crippen LogP contribution in [0.5, 0.6) is 0 Å². The van der Waals surface area contributed by atoms with Gasteiger partial charge in [-0.1, -0.05) is 6.42 Å². The Hall–Kier alpha value is -0.450. The fourth-order valence-electron chi connectivity index (χ4n) is 2.02. The summed E-state index contributed by atoms with van der Waals surface area (Å²) in [4.78, 5) is 6.43. The lowest BCUT2D eigenvalue weighted by Gasteiger charge is -2.37. The normalized spacial score (nSPS) is 16.4. The van der Waals surface area contributed by atoms with E-state index in [0.29, 0.717) is 6.04 Å². The SMILES string of the molecule is OCCN(Cc1ccncc1Br)C1CCC1. The van der Waals surface area contributed by atoms with E-state index in [1.807, 2.05) is 18.5 Å². The van der Waals surface area contributed by atoms with E-state index in [4.69, 9.17) is 5.11 Å². The van der Waals surface area contributed by atoms with E-state index in [2.05, 4.69) is 25.8 Å². The molecule has 0 unspecified atom stereocenters. The lowest BCUT2D eigenvalue weighted by Crippen LogP contribution is -2.41. The molecule has 0 spiro atoms. The van der Waals surface area contributed by atoms with Crippen molar-refractivity contribution in [2.24, 2.45) is 0 Å². The standard InChI is InChI=1S/C12H17BrN2O/c13-12-8-14-5-4-10(12)9-15(6-7-16)11-2-1-3-11/h4-5,8,11,16H,1-3,6-7,9H2. The van der Waals surface area contributed by atoms with Gasteiger partial charge < -0.3 is 5.11 Å². The highest BCUT2D eigenvalue weighted by Gasteiger charge is 2.24. The molecule has 3 nitrogen and oxygen atoms in total. The predicted molar refractivity (Wildman–Crippen MR) is 67.1 cm³/mol. The van der Waals surface area contributed by atoms with E-state index >= 15 is 0 Å². The number of aliphatic hydroxyl groups is 1. The summed E-state index contributed by atoms with van der Waals surface area (Å²) in [6.45, 7) is 1.90. The third kappa shape index (κ3) is 2.81. The van der Waals surface area contributed by atoms with Gasteiger partial charge in [0.25, 0.3) is 0 Å². The van der Waals surface area contributed by atoms with E-state index in [1.165, 1.54) is 24.8 Å². The predicted octanol–water partition coefficient (Wildman–Crippen LogP) is 2.19. The molecule has 1 saturated carbocycles. The van der Waals surface area contributed by atoms with Crippen LogP contribution in [0.4, 0.5) is 0 Å². The van der Waals surface area contributed by atoms with E-state index in [9.17, 15) is 0 Å². The molecule has 0 bridgehead atoms. The maximum absolute atomic E-state index is 9.09. The van der Waals surface area contributed by atoms with Crippen LogP contribution in [-0.4, -0.2) is 34.2 Å². The van der Waals surface area contributed by atoms with Crippen molar-refractivity contribution in [3.63, 3.8) is 0 Å². The van der Waals surface area contributed by atoms with Gasteiger partial charge in [-0.3, -0.25) is 9.88 Å². The molecule has 0 atom stereocenters. The summed E-state index contributed by atoms with van der Waals surface area (Å²) in [6, 6.07) is 2.69. The molecule has 0 saturated heterocycles. The van der Waals surface area contributed by atoms with Crippen molar-refractivity contribution in [2.75, 3.05) is 13.2 Å². The highest BCUT2D eigenvalue weighted by molar-refractivity contribution is 9.10. The second-order valence-electron chi connectivity index (χ2n) is 4.25. The smallest absolute Gasteiger partial charge is 0.0558 e. The zero-order valence-corrected chi connectivity index (χ0v) is 10.9. The summed E-state index contributed by atoms with van der Waals surface area (Å²) in [5.41, 5.74) is 1.25. The third-order valence-corrected chi connectivity index (χ3v) is 3.92. The monoisotopic (exact) mass is 284 g/mol. The number of rotatable bonds is 5. The first-order valence-corrected chi connectivity index (χ1v) is 6.54. The molecular weight excluding hydrogens is 268 g/mol. The molecule has 0 amide bonds. The second-order valence-corrected chi connectivity index (χ2v) is 5.10. The van der Waals surface area contributed by atoms with Gasteiger partial charge in [-0.05, 0) is 40.4 Å². The Morgan fingerprint density at radius 2 is 2.31 bits per heavy atom. The van der Waals surface area contributed by atoms with Crippen molar-refractivity contribution >= 4 is 15.9 Å². The lowest BCUT2D eigenvalue weighted by molar-refractivity contribution is 0.0943. The topological polar surface area (TPSA) is 36.4 Å². The summed E-state index contributed by atoms with van der Waals surface area (Å²) in [5.74, 6) is 0. The summed E-state index contributed by atoms with van der Waals surface area (Å²) >= 11 is 3.51. The van der Waals surface area contributed by atoms with Crippen molar-refractivity contribution in [3.8, 4) is 0 Å². The minimum Gasteiger partial charge on any atom is -0.395 e. The van der Waals surface area contributed by atoms with Crippen LogP contribution >= 0.6 is 15.9 Å². The van der Waals surface area contributed by atoms with Crippen LogP contribution in [0, 0.1) is 0 Å². The van der Waals surface area contributed by atoms with Crippen LogP contribution in [0.1, 0.15) is 24.8 Å². The Morgan fingerprint density at radius 3 is 2.88 bits per heavy atom. The van der Waals surface area contributed by atoms with Crippen LogP contribution < -0.4 is 0 Å². The Kier molecular flexibility index (Phi) is 4.32. The molecule has 0 aliphatic heterocycles. The van der Waals surface area contributed by atoms with Crippen molar-refractivity contribution in [1.29, 1.82) is 0 Å². The average Bonchev–Trinajstić information content (AvgIpc) is 2.19. The molecule has 1 aliphatic carbocycles. The van der Waals surface area contributed by atoms with Crippen molar-refractivity contribution in [3.05, 3.63) is 28.5 Å². The van der Waals surface area contributed by atoms with E-state index < -0.39 is 0 Å². The van der Waals surface area contributed by atoms with Gasteiger partial charge in [0.2, 0.25) is 0 Å². The molecule has 2 rings (SSSR count). The molecule has 0 radical (unpaired) electrons. The molecule has 1 fully saturated rings. The number of aliphatic hydroxyl groups excluding tert-OH is 1. The number of aromatic nitrogens is 1. The molecule has 0 aromatic carbocycles. The zero-order chi connectivity index (χ0) is 11.4. The minimum atomic E-state index is 0.235. The van der Waals surface area contributed by atoms with Gasteiger partial charge in [-0.25, -0.2) is 0 Å². The van der Waals surface area contributed by atoms with Crippen molar-refractivity contribution in [1.82, 2.24) is 9.88 Å². The lowest BCUT2D eigenvalue weighted by atomic mass is 9.91. The van der Waals surface area contributed by atoms with Crippen LogP contribution in [-0.2, 0) is 6.54 Å². The van der Waals surface area contributed by atoms with E-state index in [0.717, 1.165) is 17.6 Å². The Balaban J connectivity index is 2.01. The Bertz CT molecular complexity index is 342. The minimum absolute atomic E-state index is 0.235. The largest absolute Gasteiger partial charge is 0.395 e. The first-order chi connectivity index (χ1) is 7.81. The Morgan fingerprint density at radius 1 is 1.50 bits per heavy atom. The molecule has 88 valence electrons. The number of hydrogen-bond donors (Lipinski definition) is 1. The van der Waals surface area contributed by atoms with Crippen LogP contribution in [0.15, 0.2) is 22.9 Å². The molecule has 4 heteroatoms. The van der Waals surface area contributed by atoms with Gasteiger partial charge in [0.1, 0.15) is 0 Å². The van der Waals surface area contributed by atoms with Gasteiger partial charge in [0.15, 0.2) is 0 Å². The van der Waals surface area contributed by atoms with E-state index in [-0.39, 0.29) is 6.61 Å². The van der Waals surface area contributed by atoms with Gasteiger partial charge in [-0.2, -0.15) is 0 Å². The number of hydrogen-bond acceptors (Lipinski definition) is 3. The number of pyridine rings is 1. The Labute approximate surface area is 105 Å². The van der Waals surface area contributed by atoms with Crippen LogP contribution in [0.3, 0.4) is 0 Å². The van der Waals surface area contributed by atoms with Gasteiger partial charge in [0.05, 0.1) is 6.61 Å². The van der Waals surface area contributed by atoms with E-state index in [1.54, 1.807) is 0 Å². The van der Waals surface area contributed by atoms with Crippen LogP contribution in [0.2, 0.25) is 0 Å². The van der Waals surface area contributed by atoms with Crippen molar-refractivity contribution in [2.45, 2.75) is 31.8 Å². The molecule has 16 heavy (non-hydrogen) atoms. The summed E-state index contributed by atoms with van der Waals surface area (Å²) < 4.78 is 1.05. The number of halogens is 1. The first-order valence-electron chi connectivity index (χ1n) is 5.74. The summed E-state index contributed by atoms with van der Waals surface area (Å²) in [6.07, 6.45) is 7.50. The average molecular weight is 285 g/mol. The maximum Gasteiger partial charge on any atom is 0.0558 e. The molecule has 1 heterocycles. The van der Waals surface area contributed by atoms with Gasteiger partial charge in [0, 0.05) is 36.0 Å².